The molecule has 0 fully saturated rings. The normalized spacial score (nSPS) is 10.3. The highest BCUT2D eigenvalue weighted by atomic mass is 16.5. The van der Waals surface area contributed by atoms with E-state index in [1.807, 2.05) is 24.3 Å². The molecule has 0 spiro atoms. The van der Waals surface area contributed by atoms with Crippen molar-refractivity contribution in [1.82, 2.24) is 15.2 Å². The Morgan fingerprint density at radius 1 is 1.14 bits per heavy atom. The average Bonchev–Trinajstić information content (AvgIpc) is 2.55. The van der Waals surface area contributed by atoms with Crippen molar-refractivity contribution >= 4 is 17.5 Å². The summed E-state index contributed by atoms with van der Waals surface area (Å²) in [6.07, 6.45) is 3.84. The Labute approximate surface area is 131 Å². The Hall–Kier alpha value is -2.37. The summed E-state index contributed by atoms with van der Waals surface area (Å²) in [4.78, 5) is 6.79. The molecule has 6 heteroatoms. The molecule has 1 heterocycles. The summed E-state index contributed by atoms with van der Waals surface area (Å²) in [6.45, 7) is 6.23. The number of nitrogens with zero attached hydrogens (tertiary/aromatic N) is 4. The van der Waals surface area contributed by atoms with Crippen molar-refractivity contribution in [3.63, 3.8) is 0 Å². The van der Waals surface area contributed by atoms with Crippen LogP contribution in [-0.2, 0) is 0 Å². The van der Waals surface area contributed by atoms with Gasteiger partial charge in [-0.2, -0.15) is 10.1 Å². The molecule has 0 unspecified atom stereocenters. The summed E-state index contributed by atoms with van der Waals surface area (Å²) in [7, 11) is 1.64. The zero-order valence-corrected chi connectivity index (χ0v) is 13.4. The molecule has 0 aliphatic carbocycles. The first-order valence-corrected chi connectivity index (χ1v) is 7.63. The van der Waals surface area contributed by atoms with Crippen LogP contribution in [0.25, 0.3) is 0 Å². The van der Waals surface area contributed by atoms with Crippen molar-refractivity contribution in [2.45, 2.75) is 26.7 Å². The maximum Gasteiger partial charge on any atom is 0.249 e. The first kappa shape index (κ1) is 16.0. The molecule has 0 aliphatic rings. The highest BCUT2D eigenvalue weighted by molar-refractivity contribution is 5.62. The van der Waals surface area contributed by atoms with Crippen molar-refractivity contribution in [2.24, 2.45) is 0 Å². The topological polar surface area (TPSA) is 63.2 Å². The second-order valence-corrected chi connectivity index (χ2v) is 4.95. The number of methoxy groups -OCH3 is 1. The third-order valence-electron chi connectivity index (χ3n) is 3.21. The predicted octanol–water partition coefficient (Wildman–Crippen LogP) is 3.25. The number of ether oxygens (including phenoxy) is 1. The highest BCUT2D eigenvalue weighted by Crippen LogP contribution is 2.25. The number of rotatable bonds is 8. The minimum atomic E-state index is 0.471. The Morgan fingerprint density at radius 2 is 1.86 bits per heavy atom. The quantitative estimate of drug-likeness (QED) is 0.807. The second-order valence-electron chi connectivity index (χ2n) is 4.95. The Kier molecular flexibility index (Phi) is 5.94. The molecule has 0 bridgehead atoms. The third kappa shape index (κ3) is 4.07. The fraction of sp³-hybridized carbons (Fsp3) is 0.438. The number of hydrogen-bond acceptors (Lipinski definition) is 6. The van der Waals surface area contributed by atoms with E-state index in [1.165, 1.54) is 0 Å². The van der Waals surface area contributed by atoms with Gasteiger partial charge in [0.2, 0.25) is 5.95 Å². The molecule has 0 aliphatic heterocycles. The van der Waals surface area contributed by atoms with E-state index in [-0.39, 0.29) is 0 Å². The van der Waals surface area contributed by atoms with Crippen LogP contribution in [0.3, 0.4) is 0 Å². The minimum absolute atomic E-state index is 0.471. The van der Waals surface area contributed by atoms with Crippen LogP contribution in [0.5, 0.6) is 5.75 Å². The summed E-state index contributed by atoms with van der Waals surface area (Å²) in [5.74, 6) is 2.06. The summed E-state index contributed by atoms with van der Waals surface area (Å²) < 4.78 is 5.32. The monoisotopic (exact) mass is 301 g/mol. The summed E-state index contributed by atoms with van der Waals surface area (Å²) in [5.41, 5.74) is 0.821. The molecule has 6 nitrogen and oxygen atoms in total. The number of nitrogens with one attached hydrogen (secondary N) is 1. The molecule has 1 aromatic carbocycles. The van der Waals surface area contributed by atoms with Gasteiger partial charge >= 0.3 is 0 Å². The molecular formula is C16H23N5O. The Bertz CT molecular complexity index is 584. The molecule has 22 heavy (non-hydrogen) atoms. The summed E-state index contributed by atoms with van der Waals surface area (Å²) in [6, 6.07) is 7.66. The van der Waals surface area contributed by atoms with Crippen LogP contribution in [0, 0.1) is 0 Å². The molecule has 1 N–H and O–H groups in total. The molecule has 0 radical (unpaired) electrons. The molecule has 1 aromatic heterocycles. The molecule has 0 amide bonds. The van der Waals surface area contributed by atoms with E-state index in [4.69, 9.17) is 4.74 Å². The number of hydrogen-bond donors (Lipinski definition) is 1. The molecule has 118 valence electrons. The lowest BCUT2D eigenvalue weighted by Gasteiger charge is -2.22. The average molecular weight is 301 g/mol. The minimum Gasteiger partial charge on any atom is -0.495 e. The van der Waals surface area contributed by atoms with Gasteiger partial charge < -0.3 is 15.0 Å². The van der Waals surface area contributed by atoms with Crippen molar-refractivity contribution in [1.29, 1.82) is 0 Å². The standard InChI is InChI=1S/C16H23N5O/c1-4-10-21(11-5-2)15-12-17-20-16(19-15)18-13-8-6-7-9-14(13)22-3/h6-9,12H,4-5,10-11H2,1-3H3,(H,18,19,20). The summed E-state index contributed by atoms with van der Waals surface area (Å²) >= 11 is 0. The molecule has 2 rings (SSSR count). The maximum absolute atomic E-state index is 5.32. The Balaban J connectivity index is 2.20. The van der Waals surface area contributed by atoms with E-state index >= 15 is 0 Å². The van der Waals surface area contributed by atoms with Gasteiger partial charge in [0, 0.05) is 13.1 Å². The first-order chi connectivity index (χ1) is 10.8. The van der Waals surface area contributed by atoms with Crippen LogP contribution < -0.4 is 15.0 Å². The zero-order chi connectivity index (χ0) is 15.8. The Morgan fingerprint density at radius 3 is 2.55 bits per heavy atom. The van der Waals surface area contributed by atoms with Crippen LogP contribution in [0.15, 0.2) is 30.5 Å². The zero-order valence-electron chi connectivity index (χ0n) is 13.4. The molecular weight excluding hydrogens is 278 g/mol. The van der Waals surface area contributed by atoms with Gasteiger partial charge in [-0.05, 0) is 25.0 Å². The molecule has 0 saturated heterocycles. The fourth-order valence-electron chi connectivity index (χ4n) is 2.25. The lowest BCUT2D eigenvalue weighted by Crippen LogP contribution is -2.26. The number of aromatic nitrogens is 3. The maximum atomic E-state index is 5.32. The van der Waals surface area contributed by atoms with Crippen LogP contribution >= 0.6 is 0 Å². The lowest BCUT2D eigenvalue weighted by molar-refractivity contribution is 0.417. The van der Waals surface area contributed by atoms with E-state index < -0.39 is 0 Å². The van der Waals surface area contributed by atoms with E-state index in [9.17, 15) is 0 Å². The van der Waals surface area contributed by atoms with Gasteiger partial charge in [0.05, 0.1) is 19.0 Å². The predicted molar refractivity (Wildman–Crippen MR) is 88.9 cm³/mol. The molecule has 0 atom stereocenters. The van der Waals surface area contributed by atoms with Crippen LogP contribution in [0.4, 0.5) is 17.5 Å². The lowest BCUT2D eigenvalue weighted by atomic mass is 10.3. The van der Waals surface area contributed by atoms with E-state index in [2.05, 4.69) is 39.2 Å². The number of anilines is 3. The highest BCUT2D eigenvalue weighted by Gasteiger charge is 2.10. The SMILES string of the molecule is CCCN(CCC)c1cnnc(Nc2ccccc2OC)n1. The van der Waals surface area contributed by atoms with Crippen LogP contribution in [0.1, 0.15) is 26.7 Å². The van der Waals surface area contributed by atoms with Gasteiger partial charge in [-0.25, -0.2) is 0 Å². The van der Waals surface area contributed by atoms with E-state index in [0.717, 1.165) is 43.2 Å². The van der Waals surface area contributed by atoms with Crippen molar-refractivity contribution in [2.75, 3.05) is 30.4 Å². The van der Waals surface area contributed by atoms with E-state index in [1.54, 1.807) is 13.3 Å². The number of benzene rings is 1. The molecule has 2 aromatic rings. The van der Waals surface area contributed by atoms with Crippen LogP contribution in [-0.4, -0.2) is 35.4 Å². The first-order valence-electron chi connectivity index (χ1n) is 7.63. The number of para-hydroxylation sites is 2. The van der Waals surface area contributed by atoms with Crippen molar-refractivity contribution in [3.8, 4) is 5.75 Å². The van der Waals surface area contributed by atoms with Gasteiger partial charge in [-0.1, -0.05) is 26.0 Å². The van der Waals surface area contributed by atoms with Gasteiger partial charge in [-0.3, -0.25) is 0 Å². The van der Waals surface area contributed by atoms with Gasteiger partial charge in [0.25, 0.3) is 0 Å². The smallest absolute Gasteiger partial charge is 0.249 e. The van der Waals surface area contributed by atoms with Crippen LogP contribution in [0.2, 0.25) is 0 Å². The summed E-state index contributed by atoms with van der Waals surface area (Å²) in [5, 5.41) is 11.3. The van der Waals surface area contributed by atoms with E-state index in [0.29, 0.717) is 5.95 Å². The van der Waals surface area contributed by atoms with Gasteiger partial charge in [0.1, 0.15) is 5.75 Å². The van der Waals surface area contributed by atoms with Gasteiger partial charge in [-0.15, -0.1) is 5.10 Å². The van der Waals surface area contributed by atoms with Crippen molar-refractivity contribution in [3.05, 3.63) is 30.5 Å². The second kappa shape index (κ2) is 8.17. The largest absolute Gasteiger partial charge is 0.495 e. The molecule has 0 saturated carbocycles. The van der Waals surface area contributed by atoms with Crippen molar-refractivity contribution < 1.29 is 4.74 Å². The third-order valence-corrected chi connectivity index (χ3v) is 3.21. The van der Waals surface area contributed by atoms with Gasteiger partial charge in [0.15, 0.2) is 5.82 Å². The fourth-order valence-corrected chi connectivity index (χ4v) is 2.25.